The number of nitrogens with zero attached hydrogens (tertiary/aromatic N) is 1. The van der Waals surface area contributed by atoms with Gasteiger partial charge in [0.2, 0.25) is 0 Å². The third kappa shape index (κ3) is 4.37. The molecule has 0 aliphatic heterocycles. The molecule has 2 aromatic rings. The first kappa shape index (κ1) is 15.2. The zero-order valence-corrected chi connectivity index (χ0v) is 11.9. The number of nitro groups is 1. The maximum absolute atomic E-state index is 10.9. The average Bonchev–Trinajstić information content (AvgIpc) is 2.50. The normalized spacial score (nSPS) is 10.5. The Labute approximate surface area is 123 Å². The summed E-state index contributed by atoms with van der Waals surface area (Å²) in [5, 5.41) is 14.1. The molecule has 110 valence electrons. The van der Waals surface area contributed by atoms with Gasteiger partial charge in [0.25, 0.3) is 5.69 Å². The molecular weight excluding hydrogens is 268 g/mol. The van der Waals surface area contributed by atoms with Crippen molar-refractivity contribution in [1.82, 2.24) is 5.32 Å². The summed E-state index contributed by atoms with van der Waals surface area (Å²) in [6.07, 6.45) is 0. The van der Waals surface area contributed by atoms with E-state index in [1.165, 1.54) is 6.07 Å². The van der Waals surface area contributed by atoms with Gasteiger partial charge in [-0.1, -0.05) is 42.5 Å². The topological polar surface area (TPSA) is 64.4 Å². The van der Waals surface area contributed by atoms with Gasteiger partial charge in [-0.25, -0.2) is 0 Å². The minimum atomic E-state index is -0.351. The Kier molecular flexibility index (Phi) is 5.43. The van der Waals surface area contributed by atoms with Crippen LogP contribution < -0.4 is 5.32 Å². The van der Waals surface area contributed by atoms with Crippen LogP contribution in [0.2, 0.25) is 0 Å². The molecule has 0 saturated heterocycles. The van der Waals surface area contributed by atoms with Crippen LogP contribution in [0.5, 0.6) is 0 Å². The summed E-state index contributed by atoms with van der Waals surface area (Å²) in [7, 11) is 1.67. The highest BCUT2D eigenvalue weighted by Crippen LogP contribution is 2.17. The molecule has 0 spiro atoms. The molecule has 0 fully saturated rings. The van der Waals surface area contributed by atoms with Crippen molar-refractivity contribution in [2.45, 2.75) is 19.7 Å². The number of benzene rings is 2. The molecule has 0 heterocycles. The van der Waals surface area contributed by atoms with Crippen LogP contribution in [0, 0.1) is 10.1 Å². The monoisotopic (exact) mass is 286 g/mol. The smallest absolute Gasteiger partial charge is 0.273 e. The fourth-order valence-electron chi connectivity index (χ4n) is 2.10. The number of methoxy groups -OCH3 is 1. The molecule has 5 nitrogen and oxygen atoms in total. The highest BCUT2D eigenvalue weighted by Gasteiger charge is 2.11. The quantitative estimate of drug-likeness (QED) is 0.627. The van der Waals surface area contributed by atoms with E-state index in [1.54, 1.807) is 19.2 Å². The maximum atomic E-state index is 10.9. The van der Waals surface area contributed by atoms with Crippen LogP contribution in [0.3, 0.4) is 0 Å². The lowest BCUT2D eigenvalue weighted by atomic mass is 10.1. The Bertz CT molecular complexity index is 597. The van der Waals surface area contributed by atoms with Gasteiger partial charge in [-0.15, -0.1) is 0 Å². The van der Waals surface area contributed by atoms with E-state index in [0.29, 0.717) is 25.3 Å². The molecule has 0 atom stereocenters. The summed E-state index contributed by atoms with van der Waals surface area (Å²) in [4.78, 5) is 10.6. The number of nitrogens with one attached hydrogen (secondary N) is 1. The van der Waals surface area contributed by atoms with Gasteiger partial charge in [0.1, 0.15) is 0 Å². The molecule has 0 aliphatic rings. The van der Waals surface area contributed by atoms with Gasteiger partial charge in [-0.3, -0.25) is 10.1 Å². The van der Waals surface area contributed by atoms with Crippen molar-refractivity contribution in [2.75, 3.05) is 7.11 Å². The van der Waals surface area contributed by atoms with E-state index in [-0.39, 0.29) is 10.6 Å². The lowest BCUT2D eigenvalue weighted by molar-refractivity contribution is -0.385. The van der Waals surface area contributed by atoms with Crippen LogP contribution in [0.15, 0.2) is 48.5 Å². The number of para-hydroxylation sites is 1. The van der Waals surface area contributed by atoms with Crippen LogP contribution in [-0.4, -0.2) is 12.0 Å². The lowest BCUT2D eigenvalue weighted by Gasteiger charge is -2.07. The molecule has 2 aromatic carbocycles. The van der Waals surface area contributed by atoms with Gasteiger partial charge in [0.05, 0.1) is 11.5 Å². The number of ether oxygens (including phenoxy) is 1. The van der Waals surface area contributed by atoms with Crippen LogP contribution >= 0.6 is 0 Å². The summed E-state index contributed by atoms with van der Waals surface area (Å²) in [5.41, 5.74) is 3.10. The third-order valence-electron chi connectivity index (χ3n) is 3.17. The predicted octanol–water partition coefficient (Wildman–Crippen LogP) is 3.03. The first-order valence-corrected chi connectivity index (χ1v) is 6.70. The van der Waals surface area contributed by atoms with Crippen molar-refractivity contribution in [3.8, 4) is 0 Å². The Morgan fingerprint density at radius 3 is 2.38 bits per heavy atom. The average molecular weight is 286 g/mol. The standard InChI is InChI=1S/C16H18N2O3/c1-21-12-14-8-6-13(7-9-14)10-17-11-15-4-2-3-5-16(15)18(19)20/h2-9,17H,10-12H2,1H3. The largest absolute Gasteiger partial charge is 0.380 e. The highest BCUT2D eigenvalue weighted by atomic mass is 16.6. The van der Waals surface area contributed by atoms with Crippen molar-refractivity contribution in [1.29, 1.82) is 0 Å². The molecule has 0 saturated carbocycles. The fraction of sp³-hybridized carbons (Fsp3) is 0.250. The summed E-state index contributed by atoms with van der Waals surface area (Å²) in [6, 6.07) is 14.9. The SMILES string of the molecule is COCc1ccc(CNCc2ccccc2[N+](=O)[O-])cc1. The van der Waals surface area contributed by atoms with Gasteiger partial charge in [0.15, 0.2) is 0 Å². The maximum Gasteiger partial charge on any atom is 0.273 e. The molecule has 0 bridgehead atoms. The Hall–Kier alpha value is -2.24. The molecule has 0 aromatic heterocycles. The van der Waals surface area contributed by atoms with Crippen LogP contribution in [0.25, 0.3) is 0 Å². The van der Waals surface area contributed by atoms with Crippen molar-refractivity contribution < 1.29 is 9.66 Å². The molecule has 1 N–H and O–H groups in total. The minimum Gasteiger partial charge on any atom is -0.380 e. The highest BCUT2D eigenvalue weighted by molar-refractivity contribution is 5.39. The second kappa shape index (κ2) is 7.52. The molecule has 0 aliphatic carbocycles. The third-order valence-corrected chi connectivity index (χ3v) is 3.17. The second-order valence-corrected chi connectivity index (χ2v) is 4.74. The fourth-order valence-corrected chi connectivity index (χ4v) is 2.10. The van der Waals surface area contributed by atoms with E-state index >= 15 is 0 Å². The van der Waals surface area contributed by atoms with Crippen LogP contribution in [0.4, 0.5) is 5.69 Å². The van der Waals surface area contributed by atoms with Crippen molar-refractivity contribution >= 4 is 5.69 Å². The molecule has 0 unspecified atom stereocenters. The molecule has 0 radical (unpaired) electrons. The van der Waals surface area contributed by atoms with Gasteiger partial charge in [-0.2, -0.15) is 0 Å². The summed E-state index contributed by atoms with van der Waals surface area (Å²) >= 11 is 0. The van der Waals surface area contributed by atoms with Crippen molar-refractivity contribution in [3.63, 3.8) is 0 Å². The van der Waals surface area contributed by atoms with Gasteiger partial charge < -0.3 is 10.1 Å². The van der Waals surface area contributed by atoms with Crippen molar-refractivity contribution in [2.24, 2.45) is 0 Å². The van der Waals surface area contributed by atoms with Gasteiger partial charge in [0, 0.05) is 31.8 Å². The molecular formula is C16H18N2O3. The Balaban J connectivity index is 1.91. The summed E-state index contributed by atoms with van der Waals surface area (Å²) < 4.78 is 5.06. The zero-order chi connectivity index (χ0) is 15.1. The van der Waals surface area contributed by atoms with Crippen molar-refractivity contribution in [3.05, 3.63) is 75.3 Å². The molecule has 5 heteroatoms. The summed E-state index contributed by atoms with van der Waals surface area (Å²) in [6.45, 7) is 1.74. The van der Waals surface area contributed by atoms with Gasteiger partial charge in [-0.05, 0) is 11.1 Å². The van der Waals surface area contributed by atoms with Gasteiger partial charge >= 0.3 is 0 Å². The lowest BCUT2D eigenvalue weighted by Crippen LogP contribution is -2.13. The number of nitro benzene ring substituents is 1. The number of rotatable bonds is 7. The van der Waals surface area contributed by atoms with E-state index in [9.17, 15) is 10.1 Å². The zero-order valence-electron chi connectivity index (χ0n) is 11.9. The Morgan fingerprint density at radius 2 is 1.71 bits per heavy atom. The molecule has 2 rings (SSSR count). The van der Waals surface area contributed by atoms with E-state index in [1.807, 2.05) is 30.3 Å². The first-order chi connectivity index (χ1) is 10.2. The molecule has 21 heavy (non-hydrogen) atoms. The van der Waals surface area contributed by atoms with E-state index in [4.69, 9.17) is 4.74 Å². The Morgan fingerprint density at radius 1 is 1.05 bits per heavy atom. The first-order valence-electron chi connectivity index (χ1n) is 6.70. The van der Waals surface area contributed by atoms with E-state index < -0.39 is 0 Å². The van der Waals surface area contributed by atoms with Crippen LogP contribution in [-0.2, 0) is 24.4 Å². The predicted molar refractivity (Wildman–Crippen MR) is 80.8 cm³/mol. The second-order valence-electron chi connectivity index (χ2n) is 4.74. The number of hydrogen-bond donors (Lipinski definition) is 1. The van der Waals surface area contributed by atoms with E-state index in [2.05, 4.69) is 5.32 Å². The summed E-state index contributed by atoms with van der Waals surface area (Å²) in [5.74, 6) is 0. The minimum absolute atomic E-state index is 0.153. The number of hydrogen-bond acceptors (Lipinski definition) is 4. The van der Waals surface area contributed by atoms with E-state index in [0.717, 1.165) is 11.1 Å². The van der Waals surface area contributed by atoms with Crippen LogP contribution in [0.1, 0.15) is 16.7 Å². The molecule has 0 amide bonds.